The standard InChI is InChI=1S/C12H17NO8/c1-6(13(17)18)9-4-11(16)21-10(5-19-7(2)14)12(9)20-8(3)15/h6,9-10,12H,4-5H2,1-3H3/t6-,9+,10-,12+/m1/s1. The van der Waals surface area contributed by atoms with Gasteiger partial charge < -0.3 is 14.2 Å². The lowest BCUT2D eigenvalue weighted by molar-refractivity contribution is -0.531. The number of carbonyl (C=O) groups is 3. The maximum absolute atomic E-state index is 11.6. The van der Waals surface area contributed by atoms with Gasteiger partial charge in [-0.15, -0.1) is 0 Å². The summed E-state index contributed by atoms with van der Waals surface area (Å²) in [4.78, 5) is 44.0. The van der Waals surface area contributed by atoms with Crippen LogP contribution in [0.5, 0.6) is 0 Å². The minimum Gasteiger partial charge on any atom is -0.462 e. The van der Waals surface area contributed by atoms with Gasteiger partial charge in [0.25, 0.3) is 0 Å². The molecule has 0 bridgehead atoms. The van der Waals surface area contributed by atoms with Gasteiger partial charge in [-0.25, -0.2) is 0 Å². The first-order valence-electron chi connectivity index (χ1n) is 6.36. The van der Waals surface area contributed by atoms with Gasteiger partial charge >= 0.3 is 17.9 Å². The first kappa shape index (κ1) is 16.9. The van der Waals surface area contributed by atoms with E-state index in [0.717, 1.165) is 6.92 Å². The van der Waals surface area contributed by atoms with E-state index in [-0.39, 0.29) is 13.0 Å². The van der Waals surface area contributed by atoms with Crippen molar-refractivity contribution in [3.63, 3.8) is 0 Å². The number of ether oxygens (including phenoxy) is 3. The molecule has 118 valence electrons. The smallest absolute Gasteiger partial charge is 0.307 e. The van der Waals surface area contributed by atoms with Crippen LogP contribution in [-0.4, -0.2) is 47.7 Å². The highest BCUT2D eigenvalue weighted by Crippen LogP contribution is 2.29. The molecule has 0 radical (unpaired) electrons. The second-order valence-corrected chi connectivity index (χ2v) is 4.80. The van der Waals surface area contributed by atoms with E-state index in [1.165, 1.54) is 13.8 Å². The van der Waals surface area contributed by atoms with Gasteiger partial charge in [-0.1, -0.05) is 0 Å². The fraction of sp³-hybridized carbons (Fsp3) is 0.750. The largest absolute Gasteiger partial charge is 0.462 e. The third-order valence-electron chi connectivity index (χ3n) is 3.18. The van der Waals surface area contributed by atoms with Crippen LogP contribution in [0, 0.1) is 16.0 Å². The Labute approximate surface area is 120 Å². The Morgan fingerprint density at radius 1 is 1.43 bits per heavy atom. The van der Waals surface area contributed by atoms with Crippen LogP contribution in [-0.2, 0) is 28.6 Å². The zero-order valence-electron chi connectivity index (χ0n) is 11.9. The van der Waals surface area contributed by atoms with Crippen LogP contribution in [0.2, 0.25) is 0 Å². The number of carbonyl (C=O) groups excluding carboxylic acids is 3. The van der Waals surface area contributed by atoms with E-state index in [9.17, 15) is 24.5 Å². The predicted molar refractivity (Wildman–Crippen MR) is 66.6 cm³/mol. The normalized spacial score (nSPS) is 26.4. The fourth-order valence-electron chi connectivity index (χ4n) is 2.15. The molecule has 1 rings (SSSR count). The lowest BCUT2D eigenvalue weighted by atomic mass is 9.86. The summed E-state index contributed by atoms with van der Waals surface area (Å²) in [6, 6.07) is -1.11. The number of cyclic esters (lactones) is 1. The van der Waals surface area contributed by atoms with Gasteiger partial charge in [0, 0.05) is 25.7 Å². The van der Waals surface area contributed by atoms with Crippen LogP contribution in [0.3, 0.4) is 0 Å². The minimum atomic E-state index is -1.11. The molecule has 1 saturated heterocycles. The van der Waals surface area contributed by atoms with Crippen molar-refractivity contribution in [3.05, 3.63) is 10.1 Å². The third kappa shape index (κ3) is 4.69. The lowest BCUT2D eigenvalue weighted by Crippen LogP contribution is -2.52. The van der Waals surface area contributed by atoms with E-state index in [1.54, 1.807) is 0 Å². The molecule has 1 heterocycles. The topological polar surface area (TPSA) is 122 Å². The summed E-state index contributed by atoms with van der Waals surface area (Å²) in [5, 5.41) is 10.9. The molecule has 0 amide bonds. The summed E-state index contributed by atoms with van der Waals surface area (Å²) in [6.45, 7) is 3.32. The van der Waals surface area contributed by atoms with Gasteiger partial charge in [0.05, 0.1) is 12.3 Å². The summed E-state index contributed by atoms with van der Waals surface area (Å²) in [6.07, 6.45) is -2.32. The molecule has 1 aliphatic rings. The minimum absolute atomic E-state index is 0.239. The highest BCUT2D eigenvalue weighted by molar-refractivity contribution is 5.72. The average molecular weight is 303 g/mol. The molecule has 0 unspecified atom stereocenters. The summed E-state index contributed by atoms with van der Waals surface area (Å²) in [5.74, 6) is -2.76. The average Bonchev–Trinajstić information content (AvgIpc) is 2.36. The number of esters is 3. The van der Waals surface area contributed by atoms with E-state index in [0.29, 0.717) is 0 Å². The van der Waals surface area contributed by atoms with E-state index >= 15 is 0 Å². The molecular weight excluding hydrogens is 286 g/mol. The highest BCUT2D eigenvalue weighted by Gasteiger charge is 2.47. The maximum Gasteiger partial charge on any atom is 0.307 e. The van der Waals surface area contributed by atoms with Crippen molar-refractivity contribution in [2.45, 2.75) is 45.4 Å². The SMILES string of the molecule is CC(=O)OC[C@H]1OC(=O)C[C@@H]([C@@H](C)[N+](=O)[O-])[C@@H]1OC(C)=O. The van der Waals surface area contributed by atoms with Crippen LogP contribution in [0.25, 0.3) is 0 Å². The van der Waals surface area contributed by atoms with Gasteiger partial charge in [0.1, 0.15) is 6.61 Å². The molecule has 0 aromatic carbocycles. The number of hydrogen-bond donors (Lipinski definition) is 0. The molecule has 9 heteroatoms. The quantitative estimate of drug-likeness (QED) is 0.303. The van der Waals surface area contributed by atoms with Crippen molar-refractivity contribution >= 4 is 17.9 Å². The Morgan fingerprint density at radius 2 is 2.05 bits per heavy atom. The van der Waals surface area contributed by atoms with E-state index in [4.69, 9.17) is 14.2 Å². The zero-order valence-corrected chi connectivity index (χ0v) is 11.9. The van der Waals surface area contributed by atoms with E-state index in [2.05, 4.69) is 0 Å². The molecule has 0 aromatic rings. The van der Waals surface area contributed by atoms with Crippen LogP contribution >= 0.6 is 0 Å². The van der Waals surface area contributed by atoms with Crippen LogP contribution < -0.4 is 0 Å². The third-order valence-corrected chi connectivity index (χ3v) is 3.18. The van der Waals surface area contributed by atoms with Crippen molar-refractivity contribution in [1.82, 2.24) is 0 Å². The summed E-state index contributed by atoms with van der Waals surface area (Å²) in [5.41, 5.74) is 0. The number of nitrogens with zero attached hydrogens (tertiary/aromatic N) is 1. The van der Waals surface area contributed by atoms with Crippen molar-refractivity contribution in [1.29, 1.82) is 0 Å². The molecule has 0 aliphatic carbocycles. The first-order chi connectivity index (χ1) is 9.72. The lowest BCUT2D eigenvalue weighted by Gasteiger charge is -2.36. The Bertz CT molecular complexity index is 449. The highest BCUT2D eigenvalue weighted by atomic mass is 16.6. The second-order valence-electron chi connectivity index (χ2n) is 4.80. The van der Waals surface area contributed by atoms with Crippen molar-refractivity contribution < 1.29 is 33.5 Å². The van der Waals surface area contributed by atoms with Crippen LogP contribution in [0.4, 0.5) is 0 Å². The van der Waals surface area contributed by atoms with E-state index in [1.807, 2.05) is 0 Å². The van der Waals surface area contributed by atoms with Gasteiger partial charge in [0.2, 0.25) is 6.04 Å². The van der Waals surface area contributed by atoms with Crippen LogP contribution in [0.15, 0.2) is 0 Å². The number of hydrogen-bond acceptors (Lipinski definition) is 8. The molecule has 0 N–H and O–H groups in total. The Morgan fingerprint density at radius 3 is 2.52 bits per heavy atom. The van der Waals surface area contributed by atoms with Crippen molar-refractivity contribution in [3.8, 4) is 0 Å². The van der Waals surface area contributed by atoms with E-state index < -0.39 is 47.0 Å². The Kier molecular flexibility index (Phi) is 5.62. The first-order valence-corrected chi connectivity index (χ1v) is 6.36. The number of nitro groups is 1. The van der Waals surface area contributed by atoms with Crippen molar-refractivity contribution in [2.24, 2.45) is 5.92 Å². The predicted octanol–water partition coefficient (Wildman–Crippen LogP) is 0.0781. The molecule has 4 atom stereocenters. The maximum atomic E-state index is 11.6. The zero-order chi connectivity index (χ0) is 16.2. The molecule has 21 heavy (non-hydrogen) atoms. The second kappa shape index (κ2) is 7.00. The van der Waals surface area contributed by atoms with Gasteiger partial charge in [-0.05, 0) is 0 Å². The number of rotatable bonds is 5. The fourth-order valence-corrected chi connectivity index (χ4v) is 2.15. The molecular formula is C12H17NO8. The molecule has 0 aromatic heterocycles. The molecule has 1 aliphatic heterocycles. The molecule has 1 fully saturated rings. The summed E-state index contributed by atoms with van der Waals surface area (Å²) in [7, 11) is 0. The summed E-state index contributed by atoms with van der Waals surface area (Å²) >= 11 is 0. The Hall–Kier alpha value is -2.19. The van der Waals surface area contributed by atoms with Crippen molar-refractivity contribution in [2.75, 3.05) is 6.61 Å². The molecule has 0 saturated carbocycles. The van der Waals surface area contributed by atoms with Gasteiger partial charge in [0.15, 0.2) is 12.2 Å². The molecule has 0 spiro atoms. The van der Waals surface area contributed by atoms with Gasteiger partial charge in [-0.2, -0.15) is 0 Å². The van der Waals surface area contributed by atoms with Gasteiger partial charge in [-0.3, -0.25) is 24.5 Å². The Balaban J connectivity index is 2.96. The summed E-state index contributed by atoms with van der Waals surface area (Å²) < 4.78 is 14.8. The molecule has 9 nitrogen and oxygen atoms in total. The monoisotopic (exact) mass is 303 g/mol. The van der Waals surface area contributed by atoms with Crippen LogP contribution in [0.1, 0.15) is 27.2 Å².